The molecule has 0 atom stereocenters. The maximum absolute atomic E-state index is 11.7. The molecule has 17 heavy (non-hydrogen) atoms. The third-order valence-electron chi connectivity index (χ3n) is 2.51. The molecule has 0 saturated heterocycles. The van der Waals surface area contributed by atoms with Crippen LogP contribution in [0.5, 0.6) is 0 Å². The number of unbranched alkanes of at least 4 members (excludes halogenated alkanes) is 1. The summed E-state index contributed by atoms with van der Waals surface area (Å²) in [5, 5.41) is 7.99. The summed E-state index contributed by atoms with van der Waals surface area (Å²) >= 11 is 0. The molecule has 1 rings (SSSR count). The molecule has 0 radical (unpaired) electrons. The van der Waals surface area contributed by atoms with Crippen LogP contribution in [0.3, 0.4) is 0 Å². The van der Waals surface area contributed by atoms with Crippen molar-refractivity contribution in [3.63, 3.8) is 0 Å². The highest BCUT2D eigenvalue weighted by Gasteiger charge is 2.22. The van der Waals surface area contributed by atoms with Crippen LogP contribution in [0.15, 0.2) is 0 Å². The summed E-state index contributed by atoms with van der Waals surface area (Å²) in [4.78, 5) is 11.7. The van der Waals surface area contributed by atoms with Gasteiger partial charge in [0.05, 0.1) is 12.3 Å². The third kappa shape index (κ3) is 3.28. The van der Waals surface area contributed by atoms with E-state index in [1.165, 1.54) is 0 Å². The van der Waals surface area contributed by atoms with E-state index in [0.717, 1.165) is 25.1 Å². The lowest BCUT2D eigenvalue weighted by Crippen LogP contribution is -2.12. The van der Waals surface area contributed by atoms with Gasteiger partial charge in [-0.3, -0.25) is 0 Å². The molecule has 0 fully saturated rings. The van der Waals surface area contributed by atoms with Crippen molar-refractivity contribution in [3.05, 3.63) is 11.4 Å². The minimum Gasteiger partial charge on any atom is -0.461 e. The molecule has 0 amide bonds. The molecule has 1 aromatic heterocycles. The SMILES string of the molecule is CCCCn1nnc(C(=O)OCC)c1C(C)C. The van der Waals surface area contributed by atoms with Crippen molar-refractivity contribution in [2.45, 2.75) is 53.0 Å². The molecule has 0 bridgehead atoms. The Labute approximate surface area is 102 Å². The minimum atomic E-state index is -0.376. The summed E-state index contributed by atoms with van der Waals surface area (Å²) in [6.07, 6.45) is 2.12. The standard InChI is InChI=1S/C12H21N3O2/c1-5-7-8-15-11(9(3)4)10(13-14-15)12(16)17-6-2/h9H,5-8H2,1-4H3. The van der Waals surface area contributed by atoms with Gasteiger partial charge in [-0.15, -0.1) is 5.10 Å². The first-order chi connectivity index (χ1) is 8.11. The van der Waals surface area contributed by atoms with Crippen molar-refractivity contribution in [2.24, 2.45) is 0 Å². The molecule has 0 aromatic carbocycles. The molecule has 0 saturated carbocycles. The van der Waals surface area contributed by atoms with Gasteiger partial charge in [0, 0.05) is 6.54 Å². The average molecular weight is 239 g/mol. The van der Waals surface area contributed by atoms with Crippen LogP contribution in [0.25, 0.3) is 0 Å². The van der Waals surface area contributed by atoms with Crippen LogP contribution in [-0.4, -0.2) is 27.6 Å². The van der Waals surface area contributed by atoms with Gasteiger partial charge in [-0.2, -0.15) is 0 Å². The van der Waals surface area contributed by atoms with Crippen molar-refractivity contribution < 1.29 is 9.53 Å². The Hall–Kier alpha value is -1.39. The first-order valence-corrected chi connectivity index (χ1v) is 6.22. The number of esters is 1. The zero-order valence-corrected chi connectivity index (χ0v) is 11.1. The number of carbonyl (C=O) groups excluding carboxylic acids is 1. The monoisotopic (exact) mass is 239 g/mol. The van der Waals surface area contributed by atoms with E-state index in [1.807, 2.05) is 18.5 Å². The molecule has 0 aliphatic carbocycles. The van der Waals surface area contributed by atoms with Crippen molar-refractivity contribution in [2.75, 3.05) is 6.61 Å². The van der Waals surface area contributed by atoms with Crippen LogP contribution >= 0.6 is 0 Å². The van der Waals surface area contributed by atoms with Gasteiger partial charge in [0.1, 0.15) is 0 Å². The molecule has 0 aliphatic rings. The molecule has 0 unspecified atom stereocenters. The minimum absolute atomic E-state index is 0.210. The van der Waals surface area contributed by atoms with Gasteiger partial charge in [0.2, 0.25) is 0 Å². The van der Waals surface area contributed by atoms with E-state index >= 15 is 0 Å². The highest BCUT2D eigenvalue weighted by molar-refractivity contribution is 5.88. The highest BCUT2D eigenvalue weighted by Crippen LogP contribution is 2.18. The van der Waals surface area contributed by atoms with Crippen LogP contribution in [0.2, 0.25) is 0 Å². The molecule has 96 valence electrons. The topological polar surface area (TPSA) is 57.0 Å². The number of ether oxygens (including phenoxy) is 1. The van der Waals surface area contributed by atoms with Crippen molar-refractivity contribution in [1.82, 2.24) is 15.0 Å². The van der Waals surface area contributed by atoms with E-state index in [9.17, 15) is 4.79 Å². The van der Waals surface area contributed by atoms with Crippen LogP contribution in [-0.2, 0) is 11.3 Å². The summed E-state index contributed by atoms with van der Waals surface area (Å²) in [6.45, 7) is 9.13. The number of aromatic nitrogens is 3. The fraction of sp³-hybridized carbons (Fsp3) is 0.750. The molecule has 0 spiro atoms. The Balaban J connectivity index is 2.97. The highest BCUT2D eigenvalue weighted by atomic mass is 16.5. The predicted octanol–water partition coefficient (Wildman–Crippen LogP) is 2.38. The molecular formula is C12H21N3O2. The zero-order chi connectivity index (χ0) is 12.8. The number of rotatable bonds is 6. The second kappa shape index (κ2) is 6.37. The Morgan fingerprint density at radius 2 is 2.12 bits per heavy atom. The number of nitrogens with zero attached hydrogens (tertiary/aromatic N) is 3. The van der Waals surface area contributed by atoms with Crippen LogP contribution in [0.1, 0.15) is 62.6 Å². The van der Waals surface area contributed by atoms with Gasteiger partial charge >= 0.3 is 5.97 Å². The van der Waals surface area contributed by atoms with Crippen molar-refractivity contribution >= 4 is 5.97 Å². The van der Waals surface area contributed by atoms with Gasteiger partial charge in [-0.05, 0) is 19.3 Å². The number of hydrogen-bond acceptors (Lipinski definition) is 4. The lowest BCUT2D eigenvalue weighted by atomic mass is 10.1. The van der Waals surface area contributed by atoms with E-state index in [-0.39, 0.29) is 11.9 Å². The number of carbonyl (C=O) groups is 1. The van der Waals surface area contributed by atoms with E-state index in [2.05, 4.69) is 17.2 Å². The van der Waals surface area contributed by atoms with Gasteiger partial charge in [0.25, 0.3) is 0 Å². The smallest absolute Gasteiger partial charge is 0.360 e. The zero-order valence-electron chi connectivity index (χ0n) is 11.1. The van der Waals surface area contributed by atoms with Gasteiger partial charge < -0.3 is 4.74 Å². The van der Waals surface area contributed by atoms with Gasteiger partial charge in [-0.1, -0.05) is 32.4 Å². The predicted molar refractivity (Wildman–Crippen MR) is 65.0 cm³/mol. The van der Waals surface area contributed by atoms with Crippen molar-refractivity contribution in [1.29, 1.82) is 0 Å². The van der Waals surface area contributed by atoms with Crippen LogP contribution in [0.4, 0.5) is 0 Å². The first kappa shape index (κ1) is 13.7. The number of hydrogen-bond donors (Lipinski definition) is 0. The molecular weight excluding hydrogens is 218 g/mol. The maximum atomic E-state index is 11.7. The van der Waals surface area contributed by atoms with Crippen LogP contribution < -0.4 is 0 Å². The molecule has 5 nitrogen and oxygen atoms in total. The largest absolute Gasteiger partial charge is 0.461 e. The van der Waals surface area contributed by atoms with Gasteiger partial charge in [-0.25, -0.2) is 9.48 Å². The summed E-state index contributed by atoms with van der Waals surface area (Å²) < 4.78 is 6.80. The quantitative estimate of drug-likeness (QED) is 0.715. The van der Waals surface area contributed by atoms with Gasteiger partial charge in [0.15, 0.2) is 5.69 Å². The van der Waals surface area contributed by atoms with E-state index in [0.29, 0.717) is 12.3 Å². The average Bonchev–Trinajstić information content (AvgIpc) is 2.70. The Morgan fingerprint density at radius 1 is 1.41 bits per heavy atom. The fourth-order valence-corrected chi connectivity index (χ4v) is 1.71. The number of aryl methyl sites for hydroxylation is 1. The second-order valence-electron chi connectivity index (χ2n) is 4.28. The normalized spacial score (nSPS) is 10.9. The second-order valence-corrected chi connectivity index (χ2v) is 4.28. The summed E-state index contributed by atoms with van der Waals surface area (Å²) in [7, 11) is 0. The fourth-order valence-electron chi connectivity index (χ4n) is 1.71. The Bertz CT molecular complexity index is 372. The van der Waals surface area contributed by atoms with E-state index in [1.54, 1.807) is 6.92 Å². The molecule has 1 aromatic rings. The molecule has 0 aliphatic heterocycles. The summed E-state index contributed by atoms with van der Waals surface area (Å²) in [6, 6.07) is 0. The Morgan fingerprint density at radius 3 is 2.65 bits per heavy atom. The summed E-state index contributed by atoms with van der Waals surface area (Å²) in [5.41, 5.74) is 1.23. The van der Waals surface area contributed by atoms with Crippen LogP contribution in [0, 0.1) is 0 Å². The molecule has 0 N–H and O–H groups in total. The van der Waals surface area contributed by atoms with E-state index < -0.39 is 0 Å². The summed E-state index contributed by atoms with van der Waals surface area (Å²) in [5.74, 6) is -0.166. The lowest BCUT2D eigenvalue weighted by molar-refractivity contribution is 0.0517. The third-order valence-corrected chi connectivity index (χ3v) is 2.51. The lowest BCUT2D eigenvalue weighted by Gasteiger charge is -2.10. The van der Waals surface area contributed by atoms with Crippen molar-refractivity contribution in [3.8, 4) is 0 Å². The molecule has 5 heteroatoms. The first-order valence-electron chi connectivity index (χ1n) is 6.22. The maximum Gasteiger partial charge on any atom is 0.360 e. The Kier molecular flexibility index (Phi) is 5.12. The molecule has 1 heterocycles. The van der Waals surface area contributed by atoms with E-state index in [4.69, 9.17) is 4.74 Å².